The van der Waals surface area contributed by atoms with Crippen LogP contribution in [0.2, 0.25) is 0 Å². The van der Waals surface area contributed by atoms with Gasteiger partial charge in [-0.05, 0) is 30.7 Å². The van der Waals surface area contributed by atoms with E-state index in [2.05, 4.69) is 5.10 Å². The molecule has 2 heterocycles. The molecule has 2 aromatic rings. The van der Waals surface area contributed by atoms with Crippen molar-refractivity contribution in [2.24, 2.45) is 11.8 Å². The maximum absolute atomic E-state index is 13.4. The Bertz CT molecular complexity index is 940. The molecule has 0 N–H and O–H groups in total. The normalized spacial score (nSPS) is 20.5. The van der Waals surface area contributed by atoms with Crippen LogP contribution in [0.5, 0.6) is 5.75 Å². The molecule has 30 heavy (non-hydrogen) atoms. The molecule has 2 atom stereocenters. The van der Waals surface area contributed by atoms with E-state index in [4.69, 9.17) is 9.47 Å². The summed E-state index contributed by atoms with van der Waals surface area (Å²) in [4.78, 5) is 0. The molecule has 1 aliphatic rings. The summed E-state index contributed by atoms with van der Waals surface area (Å²) in [5.41, 5.74) is 0.486. The molecule has 0 spiro atoms. The molecular formula is C20H27F2N3O4S. The van der Waals surface area contributed by atoms with E-state index in [0.29, 0.717) is 31.3 Å². The minimum atomic E-state index is -3.32. The summed E-state index contributed by atoms with van der Waals surface area (Å²) >= 11 is 0. The van der Waals surface area contributed by atoms with Gasteiger partial charge in [-0.15, -0.1) is 0 Å². The molecule has 0 amide bonds. The zero-order valence-electron chi connectivity index (χ0n) is 17.3. The van der Waals surface area contributed by atoms with Crippen molar-refractivity contribution in [3.8, 4) is 11.4 Å². The van der Waals surface area contributed by atoms with Gasteiger partial charge in [0.1, 0.15) is 5.75 Å². The predicted molar refractivity (Wildman–Crippen MR) is 109 cm³/mol. The van der Waals surface area contributed by atoms with Crippen LogP contribution in [-0.4, -0.2) is 62.2 Å². The van der Waals surface area contributed by atoms with Gasteiger partial charge in [-0.2, -0.15) is 5.10 Å². The molecule has 3 rings (SSSR count). The maximum Gasteiger partial charge on any atom is 0.273 e. The Labute approximate surface area is 175 Å². The first-order chi connectivity index (χ1) is 14.1. The van der Waals surface area contributed by atoms with Crippen LogP contribution >= 0.6 is 0 Å². The highest BCUT2D eigenvalue weighted by molar-refractivity contribution is 7.89. The number of hydrogen-bond acceptors (Lipinski definition) is 5. The van der Waals surface area contributed by atoms with E-state index in [1.165, 1.54) is 29.3 Å². The summed E-state index contributed by atoms with van der Waals surface area (Å²) in [6.07, 6.45) is 3.18. The molecule has 0 radical (unpaired) electrons. The number of halogens is 2. The summed E-state index contributed by atoms with van der Waals surface area (Å²) in [7, 11) is -0.276. The highest BCUT2D eigenvalue weighted by atomic mass is 32.2. The number of rotatable bonds is 8. The van der Waals surface area contributed by atoms with E-state index in [1.54, 1.807) is 24.3 Å². The van der Waals surface area contributed by atoms with Crippen molar-refractivity contribution in [3.63, 3.8) is 0 Å². The number of alkyl halides is 2. The van der Waals surface area contributed by atoms with E-state index < -0.39 is 15.9 Å². The van der Waals surface area contributed by atoms with Crippen molar-refractivity contribution in [1.82, 2.24) is 14.1 Å². The van der Waals surface area contributed by atoms with Crippen molar-refractivity contribution in [2.75, 3.05) is 39.7 Å². The quantitative estimate of drug-likeness (QED) is 0.627. The Morgan fingerprint density at radius 2 is 1.97 bits per heavy atom. The Morgan fingerprint density at radius 3 is 2.57 bits per heavy atom. The standard InChI is InChI=1S/C20H27F2N3O4S/c1-20(21,22)17-10-23-25(11-17)18-4-6-19(7-5-18)29-13-15-8-9-28-12-16(15)14-30(26,27)24(2)3/h4-7,10-11,15-16H,8-9,12-14H2,1-3H3. The molecule has 1 aromatic heterocycles. The summed E-state index contributed by atoms with van der Waals surface area (Å²) in [6, 6.07) is 6.95. The largest absolute Gasteiger partial charge is 0.493 e. The van der Waals surface area contributed by atoms with E-state index in [1.807, 2.05) is 0 Å². The molecule has 7 nitrogen and oxygen atoms in total. The molecule has 1 fully saturated rings. The SMILES string of the molecule is CN(C)S(=O)(=O)CC1COCCC1COc1ccc(-n2cc(C(C)(F)F)cn2)cc1. The molecule has 166 valence electrons. The second kappa shape index (κ2) is 8.99. The summed E-state index contributed by atoms with van der Waals surface area (Å²) < 4.78 is 65.2. The Kier molecular flexibility index (Phi) is 6.78. The average Bonchev–Trinajstić information content (AvgIpc) is 3.18. The molecule has 0 aliphatic carbocycles. The van der Waals surface area contributed by atoms with Crippen LogP contribution in [0.3, 0.4) is 0 Å². The number of nitrogens with zero attached hydrogens (tertiary/aromatic N) is 3. The second-order valence-electron chi connectivity index (χ2n) is 7.81. The van der Waals surface area contributed by atoms with Crippen LogP contribution in [0.15, 0.2) is 36.7 Å². The lowest BCUT2D eigenvalue weighted by atomic mass is 9.90. The first-order valence-corrected chi connectivity index (χ1v) is 11.3. The Hall–Kier alpha value is -2.04. The van der Waals surface area contributed by atoms with Gasteiger partial charge < -0.3 is 9.47 Å². The molecule has 10 heteroatoms. The van der Waals surface area contributed by atoms with E-state index in [0.717, 1.165) is 19.5 Å². The van der Waals surface area contributed by atoms with Crippen molar-refractivity contribution >= 4 is 10.0 Å². The maximum atomic E-state index is 13.4. The van der Waals surface area contributed by atoms with Gasteiger partial charge in [0.2, 0.25) is 10.0 Å². The highest BCUT2D eigenvalue weighted by Crippen LogP contribution is 2.28. The van der Waals surface area contributed by atoms with Crippen molar-refractivity contribution in [1.29, 1.82) is 0 Å². The van der Waals surface area contributed by atoms with E-state index in [9.17, 15) is 17.2 Å². The lowest BCUT2D eigenvalue weighted by Crippen LogP contribution is -2.39. The molecule has 1 saturated heterocycles. The zero-order valence-corrected chi connectivity index (χ0v) is 18.1. The fraction of sp³-hybridized carbons (Fsp3) is 0.550. The van der Waals surface area contributed by atoms with Gasteiger partial charge in [-0.25, -0.2) is 26.2 Å². The number of benzene rings is 1. The van der Waals surface area contributed by atoms with Crippen molar-refractivity contribution in [3.05, 3.63) is 42.2 Å². The monoisotopic (exact) mass is 443 g/mol. The van der Waals surface area contributed by atoms with Gasteiger partial charge in [-0.1, -0.05) is 0 Å². The van der Waals surface area contributed by atoms with Crippen LogP contribution in [0, 0.1) is 11.8 Å². The first-order valence-electron chi connectivity index (χ1n) is 9.70. The van der Waals surface area contributed by atoms with E-state index >= 15 is 0 Å². The van der Waals surface area contributed by atoms with Gasteiger partial charge in [-0.3, -0.25) is 0 Å². The molecule has 0 saturated carbocycles. The van der Waals surface area contributed by atoms with Gasteiger partial charge in [0.05, 0.1) is 36.4 Å². The number of sulfonamides is 1. The van der Waals surface area contributed by atoms with Crippen LogP contribution in [0.25, 0.3) is 5.69 Å². The highest BCUT2D eigenvalue weighted by Gasteiger charge is 2.31. The molecular weight excluding hydrogens is 416 g/mol. The zero-order chi connectivity index (χ0) is 21.9. The second-order valence-corrected chi connectivity index (χ2v) is 10.0. The van der Waals surface area contributed by atoms with Gasteiger partial charge in [0.25, 0.3) is 5.92 Å². The first kappa shape index (κ1) is 22.6. The van der Waals surface area contributed by atoms with Crippen LogP contribution < -0.4 is 4.74 Å². The summed E-state index contributed by atoms with van der Waals surface area (Å²) in [5, 5.41) is 3.98. The fourth-order valence-electron chi connectivity index (χ4n) is 3.25. The smallest absolute Gasteiger partial charge is 0.273 e. The van der Waals surface area contributed by atoms with Crippen molar-refractivity contribution in [2.45, 2.75) is 19.3 Å². The van der Waals surface area contributed by atoms with Gasteiger partial charge in [0.15, 0.2) is 0 Å². The average molecular weight is 444 g/mol. The van der Waals surface area contributed by atoms with Crippen LogP contribution in [0.4, 0.5) is 8.78 Å². The minimum Gasteiger partial charge on any atom is -0.493 e. The minimum absolute atomic E-state index is 0.0245. The fourth-order valence-corrected chi connectivity index (χ4v) is 4.46. The number of aromatic nitrogens is 2. The molecule has 2 unspecified atom stereocenters. The van der Waals surface area contributed by atoms with Crippen LogP contribution in [-0.2, 0) is 20.7 Å². The van der Waals surface area contributed by atoms with Crippen LogP contribution in [0.1, 0.15) is 18.9 Å². The summed E-state index contributed by atoms with van der Waals surface area (Å²) in [5.74, 6) is -2.37. The summed E-state index contributed by atoms with van der Waals surface area (Å²) in [6.45, 7) is 2.18. The third-order valence-corrected chi connectivity index (χ3v) is 7.23. The number of hydrogen-bond donors (Lipinski definition) is 0. The van der Waals surface area contributed by atoms with Gasteiger partial charge in [0, 0.05) is 45.7 Å². The van der Waals surface area contributed by atoms with Gasteiger partial charge >= 0.3 is 0 Å². The predicted octanol–water partition coefficient (Wildman–Crippen LogP) is 2.91. The lowest BCUT2D eigenvalue weighted by molar-refractivity contribution is 0.00915. The third kappa shape index (κ3) is 5.55. The Morgan fingerprint density at radius 1 is 1.27 bits per heavy atom. The number of ether oxygens (including phenoxy) is 2. The topological polar surface area (TPSA) is 73.7 Å². The third-order valence-electron chi connectivity index (χ3n) is 5.27. The lowest BCUT2D eigenvalue weighted by Gasteiger charge is -2.31. The molecule has 0 bridgehead atoms. The molecule has 1 aromatic carbocycles. The van der Waals surface area contributed by atoms with Crippen molar-refractivity contribution < 1.29 is 26.7 Å². The Balaban J connectivity index is 1.62. The van der Waals surface area contributed by atoms with E-state index in [-0.39, 0.29) is 23.2 Å². The molecule has 1 aliphatic heterocycles.